The maximum Gasteiger partial charge on any atom is 0.184 e. The van der Waals surface area contributed by atoms with E-state index in [0.29, 0.717) is 17.6 Å². The standard InChI is InChI=1S/C17H19NO4/c1-10-13-6-4-5-7-18(13)15(11(2)20)14(10)16-12(9-19)8-17(3,21)22-16/h4-9,11,16,20-21H,1-3H3/t11?,16?,17-/m0/s1. The van der Waals surface area contributed by atoms with Crippen molar-refractivity contribution in [2.75, 3.05) is 0 Å². The average Bonchev–Trinajstić information content (AvgIpc) is 2.93. The molecule has 2 aromatic rings. The number of ether oxygens (including phenoxy) is 1. The number of carbonyl (C=O) groups excluding carboxylic acids is 1. The fourth-order valence-corrected chi connectivity index (χ4v) is 3.22. The molecule has 0 saturated carbocycles. The van der Waals surface area contributed by atoms with Gasteiger partial charge in [0.15, 0.2) is 5.79 Å². The Hall–Kier alpha value is -1.95. The van der Waals surface area contributed by atoms with Gasteiger partial charge in [0.1, 0.15) is 12.4 Å². The SMILES string of the molecule is Cc1c(C2O[C@](C)(O)C=C2C=O)c(C(C)O)n2ccccc12. The molecule has 3 atom stereocenters. The van der Waals surface area contributed by atoms with E-state index < -0.39 is 18.0 Å². The molecule has 0 saturated heterocycles. The Morgan fingerprint density at radius 1 is 1.45 bits per heavy atom. The summed E-state index contributed by atoms with van der Waals surface area (Å²) in [6.07, 6.45) is 2.56. The van der Waals surface area contributed by atoms with Crippen LogP contribution in [0.25, 0.3) is 5.52 Å². The van der Waals surface area contributed by atoms with Crippen molar-refractivity contribution in [1.82, 2.24) is 4.40 Å². The molecule has 0 fully saturated rings. The van der Waals surface area contributed by atoms with E-state index in [2.05, 4.69) is 0 Å². The first-order chi connectivity index (χ1) is 10.4. The van der Waals surface area contributed by atoms with Crippen LogP contribution in [0.4, 0.5) is 0 Å². The number of aldehydes is 1. The largest absolute Gasteiger partial charge is 0.387 e. The Labute approximate surface area is 128 Å². The van der Waals surface area contributed by atoms with Gasteiger partial charge in [-0.1, -0.05) is 6.07 Å². The van der Waals surface area contributed by atoms with Gasteiger partial charge in [0.05, 0.1) is 11.8 Å². The number of aryl methyl sites for hydroxylation is 1. The summed E-state index contributed by atoms with van der Waals surface area (Å²) in [5, 5.41) is 20.3. The molecule has 22 heavy (non-hydrogen) atoms. The van der Waals surface area contributed by atoms with E-state index >= 15 is 0 Å². The average molecular weight is 301 g/mol. The van der Waals surface area contributed by atoms with Crippen molar-refractivity contribution in [1.29, 1.82) is 0 Å². The van der Waals surface area contributed by atoms with Gasteiger partial charge in [0.25, 0.3) is 0 Å². The van der Waals surface area contributed by atoms with E-state index in [9.17, 15) is 15.0 Å². The van der Waals surface area contributed by atoms with Crippen LogP contribution in [-0.4, -0.2) is 26.7 Å². The lowest BCUT2D eigenvalue weighted by Crippen LogP contribution is -2.22. The molecule has 0 bridgehead atoms. The van der Waals surface area contributed by atoms with Crippen molar-refractivity contribution in [3.8, 4) is 0 Å². The van der Waals surface area contributed by atoms with Gasteiger partial charge in [0.2, 0.25) is 0 Å². The van der Waals surface area contributed by atoms with Gasteiger partial charge in [-0.2, -0.15) is 0 Å². The van der Waals surface area contributed by atoms with Crippen LogP contribution in [0, 0.1) is 6.92 Å². The van der Waals surface area contributed by atoms with Gasteiger partial charge >= 0.3 is 0 Å². The second-order valence-corrected chi connectivity index (χ2v) is 5.87. The van der Waals surface area contributed by atoms with E-state index in [1.807, 2.05) is 35.7 Å². The summed E-state index contributed by atoms with van der Waals surface area (Å²) in [6, 6.07) is 5.74. The molecule has 3 heterocycles. The van der Waals surface area contributed by atoms with Crippen LogP contribution < -0.4 is 0 Å². The molecule has 116 valence electrons. The third-order valence-corrected chi connectivity index (χ3v) is 4.07. The summed E-state index contributed by atoms with van der Waals surface area (Å²) in [5.41, 5.74) is 3.63. The van der Waals surface area contributed by atoms with Crippen LogP contribution in [0.2, 0.25) is 0 Å². The fourth-order valence-electron chi connectivity index (χ4n) is 3.22. The van der Waals surface area contributed by atoms with Gasteiger partial charge in [-0.05, 0) is 44.5 Å². The zero-order valence-electron chi connectivity index (χ0n) is 12.8. The molecule has 2 aromatic heterocycles. The lowest BCUT2D eigenvalue weighted by molar-refractivity contribution is -0.161. The Bertz CT molecular complexity index is 770. The topological polar surface area (TPSA) is 71.2 Å². The summed E-state index contributed by atoms with van der Waals surface area (Å²) in [7, 11) is 0. The highest BCUT2D eigenvalue weighted by Gasteiger charge is 2.38. The highest BCUT2D eigenvalue weighted by Crippen LogP contribution is 2.42. The molecule has 2 unspecified atom stereocenters. The van der Waals surface area contributed by atoms with Gasteiger partial charge in [-0.25, -0.2) is 0 Å². The number of pyridine rings is 1. The van der Waals surface area contributed by atoms with E-state index in [1.165, 1.54) is 13.0 Å². The van der Waals surface area contributed by atoms with Crippen LogP contribution in [0.5, 0.6) is 0 Å². The third kappa shape index (κ3) is 2.18. The lowest BCUT2D eigenvalue weighted by Gasteiger charge is -2.21. The molecule has 0 radical (unpaired) electrons. The summed E-state index contributed by atoms with van der Waals surface area (Å²) in [6.45, 7) is 5.09. The van der Waals surface area contributed by atoms with Gasteiger partial charge < -0.3 is 19.4 Å². The molecule has 5 heteroatoms. The summed E-state index contributed by atoms with van der Waals surface area (Å²) in [5.74, 6) is -1.49. The molecule has 0 amide bonds. The zero-order valence-corrected chi connectivity index (χ0v) is 12.8. The maximum absolute atomic E-state index is 11.4. The number of fused-ring (bicyclic) bond motifs is 1. The number of hydrogen-bond donors (Lipinski definition) is 2. The molecular formula is C17H19NO4. The molecule has 1 aliphatic rings. The smallest absolute Gasteiger partial charge is 0.184 e. The van der Waals surface area contributed by atoms with Crippen LogP contribution in [0.3, 0.4) is 0 Å². The number of carbonyl (C=O) groups is 1. The van der Waals surface area contributed by atoms with Crippen LogP contribution in [0.1, 0.15) is 42.9 Å². The van der Waals surface area contributed by atoms with E-state index in [0.717, 1.165) is 16.6 Å². The van der Waals surface area contributed by atoms with E-state index in [1.54, 1.807) is 6.92 Å². The van der Waals surface area contributed by atoms with Gasteiger partial charge in [-0.3, -0.25) is 4.79 Å². The first-order valence-corrected chi connectivity index (χ1v) is 7.21. The van der Waals surface area contributed by atoms with Crippen molar-refractivity contribution in [2.45, 2.75) is 38.8 Å². The number of aliphatic hydroxyl groups excluding tert-OH is 1. The summed E-state index contributed by atoms with van der Waals surface area (Å²) < 4.78 is 7.54. The minimum atomic E-state index is -1.49. The summed E-state index contributed by atoms with van der Waals surface area (Å²) >= 11 is 0. The molecule has 0 aromatic carbocycles. The summed E-state index contributed by atoms with van der Waals surface area (Å²) in [4.78, 5) is 11.4. The molecule has 0 aliphatic carbocycles. The Morgan fingerprint density at radius 2 is 2.18 bits per heavy atom. The molecule has 5 nitrogen and oxygen atoms in total. The Kier molecular flexibility index (Phi) is 3.44. The first-order valence-electron chi connectivity index (χ1n) is 7.21. The minimum absolute atomic E-state index is 0.367. The van der Waals surface area contributed by atoms with Gasteiger partial charge in [0, 0.05) is 22.9 Å². The van der Waals surface area contributed by atoms with Crippen molar-refractivity contribution >= 4 is 11.8 Å². The van der Waals surface area contributed by atoms with E-state index in [4.69, 9.17) is 4.74 Å². The normalized spacial score (nSPS) is 26.2. The second-order valence-electron chi connectivity index (χ2n) is 5.87. The Morgan fingerprint density at radius 3 is 2.82 bits per heavy atom. The predicted molar refractivity (Wildman–Crippen MR) is 81.4 cm³/mol. The quantitative estimate of drug-likeness (QED) is 0.853. The molecule has 1 aliphatic heterocycles. The van der Waals surface area contributed by atoms with Crippen LogP contribution >= 0.6 is 0 Å². The predicted octanol–water partition coefficient (Wildman–Crippen LogP) is 2.21. The highest BCUT2D eigenvalue weighted by atomic mass is 16.6. The van der Waals surface area contributed by atoms with Crippen molar-refractivity contribution in [3.05, 3.63) is 52.9 Å². The number of hydrogen-bond acceptors (Lipinski definition) is 4. The number of nitrogens with zero attached hydrogens (tertiary/aromatic N) is 1. The lowest BCUT2D eigenvalue weighted by atomic mass is 9.97. The third-order valence-electron chi connectivity index (χ3n) is 4.07. The molecule has 3 rings (SSSR count). The number of rotatable bonds is 3. The maximum atomic E-state index is 11.4. The number of aliphatic hydroxyl groups is 2. The van der Waals surface area contributed by atoms with Crippen molar-refractivity contribution in [3.63, 3.8) is 0 Å². The fraction of sp³-hybridized carbons (Fsp3) is 0.353. The van der Waals surface area contributed by atoms with Crippen molar-refractivity contribution in [2.24, 2.45) is 0 Å². The monoisotopic (exact) mass is 301 g/mol. The van der Waals surface area contributed by atoms with Crippen LogP contribution in [-0.2, 0) is 9.53 Å². The van der Waals surface area contributed by atoms with Gasteiger partial charge in [-0.15, -0.1) is 0 Å². The molecule has 2 N–H and O–H groups in total. The molecule has 0 spiro atoms. The molecular weight excluding hydrogens is 282 g/mol. The zero-order chi connectivity index (χ0) is 16.1. The highest BCUT2D eigenvalue weighted by molar-refractivity contribution is 5.78. The van der Waals surface area contributed by atoms with Crippen LogP contribution in [0.15, 0.2) is 36.0 Å². The Balaban J connectivity index is 2.27. The second kappa shape index (κ2) is 5.05. The van der Waals surface area contributed by atoms with E-state index in [-0.39, 0.29) is 0 Å². The van der Waals surface area contributed by atoms with Crippen molar-refractivity contribution < 1.29 is 19.7 Å². The first kappa shape index (κ1) is 15.0. The minimum Gasteiger partial charge on any atom is -0.387 e. The number of aromatic nitrogens is 1.